The molecular weight excluding hydrogens is 378 g/mol. The number of carbonyl (C=O) groups is 1. The van der Waals surface area contributed by atoms with Gasteiger partial charge in [0.25, 0.3) is 5.91 Å². The largest absolute Gasteiger partial charge is 0.492 e. The van der Waals surface area contributed by atoms with Gasteiger partial charge in [-0.15, -0.1) is 11.3 Å². The zero-order valence-electron chi connectivity index (χ0n) is 13.4. The van der Waals surface area contributed by atoms with Gasteiger partial charge in [-0.05, 0) is 17.7 Å². The van der Waals surface area contributed by atoms with Crippen LogP contribution in [0.4, 0.5) is 0 Å². The smallest absolute Gasteiger partial charge is 0.287 e. The third kappa shape index (κ3) is 3.86. The number of nitrogens with one attached hydrogen (secondary N) is 2. The molecule has 1 amide bonds. The maximum absolute atomic E-state index is 12.4. The summed E-state index contributed by atoms with van der Waals surface area (Å²) in [6, 6.07) is 6.51. The van der Waals surface area contributed by atoms with Crippen LogP contribution in [0.2, 0.25) is 5.02 Å². The van der Waals surface area contributed by atoms with Crippen molar-refractivity contribution in [2.75, 3.05) is 6.54 Å². The molecule has 1 aromatic carbocycles. The number of aromatic amines is 1. The van der Waals surface area contributed by atoms with Gasteiger partial charge in [0.2, 0.25) is 5.88 Å². The molecule has 0 aliphatic heterocycles. The molecule has 8 nitrogen and oxygen atoms in total. The summed E-state index contributed by atoms with van der Waals surface area (Å²) < 4.78 is 0. The van der Waals surface area contributed by atoms with E-state index in [0.717, 1.165) is 16.9 Å². The molecule has 2 heterocycles. The number of nitrogens with zero attached hydrogens (tertiary/aromatic N) is 2. The first kappa shape index (κ1) is 18.3. The average molecular weight is 394 g/mol. The highest BCUT2D eigenvalue weighted by Crippen LogP contribution is 2.28. The number of aliphatic hydroxyl groups is 1. The first-order valence-electron chi connectivity index (χ1n) is 7.63. The SMILES string of the molecule is NCC(NC(=O)c1ncc(-c2ccc(Cl)cc2)[nH]1)c1nc(O)c(CO)s1. The molecular formula is C16H16ClN5O3S. The lowest BCUT2D eigenvalue weighted by molar-refractivity contribution is 0.0928. The molecule has 10 heteroatoms. The van der Waals surface area contributed by atoms with Crippen molar-refractivity contribution in [3.05, 3.63) is 51.2 Å². The van der Waals surface area contributed by atoms with Crippen molar-refractivity contribution in [2.45, 2.75) is 12.6 Å². The molecule has 0 spiro atoms. The van der Waals surface area contributed by atoms with Crippen LogP contribution in [0.5, 0.6) is 5.88 Å². The first-order valence-corrected chi connectivity index (χ1v) is 8.82. The lowest BCUT2D eigenvalue weighted by Gasteiger charge is -2.13. The van der Waals surface area contributed by atoms with Gasteiger partial charge in [-0.2, -0.15) is 0 Å². The van der Waals surface area contributed by atoms with E-state index in [1.165, 1.54) is 0 Å². The quantitative estimate of drug-likeness (QED) is 0.433. The zero-order valence-corrected chi connectivity index (χ0v) is 15.0. The number of aromatic nitrogens is 3. The monoisotopic (exact) mass is 393 g/mol. The molecule has 26 heavy (non-hydrogen) atoms. The lowest BCUT2D eigenvalue weighted by Crippen LogP contribution is -2.33. The highest BCUT2D eigenvalue weighted by atomic mass is 35.5. The second kappa shape index (κ2) is 7.83. The van der Waals surface area contributed by atoms with Crippen molar-refractivity contribution in [3.63, 3.8) is 0 Å². The van der Waals surface area contributed by atoms with E-state index in [2.05, 4.69) is 20.3 Å². The van der Waals surface area contributed by atoms with E-state index in [1.807, 2.05) is 12.1 Å². The Bertz CT molecular complexity index is 909. The number of hydrogen-bond acceptors (Lipinski definition) is 7. The number of thiazole rings is 1. The summed E-state index contributed by atoms with van der Waals surface area (Å²) >= 11 is 6.95. The lowest BCUT2D eigenvalue weighted by atomic mass is 10.2. The number of nitrogens with two attached hydrogens (primary N) is 1. The number of halogens is 1. The van der Waals surface area contributed by atoms with Crippen molar-refractivity contribution < 1.29 is 15.0 Å². The van der Waals surface area contributed by atoms with Gasteiger partial charge in [0.1, 0.15) is 5.01 Å². The average Bonchev–Trinajstić information content (AvgIpc) is 3.27. The Morgan fingerprint density at radius 3 is 2.73 bits per heavy atom. The van der Waals surface area contributed by atoms with Crippen molar-refractivity contribution in [1.29, 1.82) is 0 Å². The molecule has 2 aromatic heterocycles. The van der Waals surface area contributed by atoms with Gasteiger partial charge in [-0.3, -0.25) is 4.79 Å². The molecule has 0 saturated carbocycles. The van der Waals surface area contributed by atoms with Gasteiger partial charge in [0.15, 0.2) is 5.82 Å². The van der Waals surface area contributed by atoms with E-state index in [9.17, 15) is 9.90 Å². The van der Waals surface area contributed by atoms with E-state index in [0.29, 0.717) is 20.6 Å². The van der Waals surface area contributed by atoms with Crippen molar-refractivity contribution in [1.82, 2.24) is 20.3 Å². The molecule has 1 atom stereocenters. The summed E-state index contributed by atoms with van der Waals surface area (Å²) in [7, 11) is 0. The van der Waals surface area contributed by atoms with E-state index < -0.39 is 11.9 Å². The Kier molecular flexibility index (Phi) is 5.52. The zero-order chi connectivity index (χ0) is 18.7. The Labute approximate surface area is 157 Å². The Hall–Kier alpha value is -2.46. The maximum Gasteiger partial charge on any atom is 0.287 e. The van der Waals surface area contributed by atoms with Crippen LogP contribution in [0.3, 0.4) is 0 Å². The third-order valence-corrected chi connectivity index (χ3v) is 5.02. The predicted molar refractivity (Wildman–Crippen MR) is 98.0 cm³/mol. The second-order valence-electron chi connectivity index (χ2n) is 5.37. The molecule has 0 aliphatic rings. The molecule has 0 fully saturated rings. The van der Waals surface area contributed by atoms with Gasteiger partial charge in [0, 0.05) is 11.6 Å². The van der Waals surface area contributed by atoms with Crippen molar-refractivity contribution in [3.8, 4) is 17.1 Å². The molecule has 3 rings (SSSR count). The fraction of sp³-hybridized carbons (Fsp3) is 0.188. The Morgan fingerprint density at radius 2 is 2.12 bits per heavy atom. The summed E-state index contributed by atoms with van der Waals surface area (Å²) in [4.78, 5) is 23.7. The molecule has 6 N–H and O–H groups in total. The minimum absolute atomic E-state index is 0.0777. The van der Waals surface area contributed by atoms with E-state index >= 15 is 0 Å². The number of hydrogen-bond donors (Lipinski definition) is 5. The molecule has 136 valence electrons. The summed E-state index contributed by atoms with van der Waals surface area (Å²) in [5, 5.41) is 22.5. The fourth-order valence-corrected chi connectivity index (χ4v) is 3.28. The first-order chi connectivity index (χ1) is 12.5. The number of amides is 1. The van der Waals surface area contributed by atoms with Gasteiger partial charge in [-0.25, -0.2) is 9.97 Å². The molecule has 3 aromatic rings. The van der Waals surface area contributed by atoms with Crippen molar-refractivity contribution >= 4 is 28.8 Å². The minimum Gasteiger partial charge on any atom is -0.492 e. The molecule has 0 radical (unpaired) electrons. The van der Waals surface area contributed by atoms with E-state index in [4.69, 9.17) is 22.4 Å². The number of benzene rings is 1. The van der Waals surface area contributed by atoms with Crippen LogP contribution in [0.25, 0.3) is 11.3 Å². The van der Waals surface area contributed by atoms with Gasteiger partial charge in [-0.1, -0.05) is 23.7 Å². The molecule has 1 unspecified atom stereocenters. The number of imidazole rings is 1. The summed E-state index contributed by atoms with van der Waals surface area (Å²) in [6.07, 6.45) is 1.55. The van der Waals surface area contributed by atoms with Gasteiger partial charge >= 0.3 is 0 Å². The number of aliphatic hydroxyl groups excluding tert-OH is 1. The molecule has 0 aliphatic carbocycles. The van der Waals surface area contributed by atoms with Gasteiger partial charge in [0.05, 0.1) is 29.4 Å². The summed E-state index contributed by atoms with van der Waals surface area (Å²) in [5.41, 5.74) is 7.22. The Morgan fingerprint density at radius 1 is 1.38 bits per heavy atom. The van der Waals surface area contributed by atoms with E-state index in [-0.39, 0.29) is 24.9 Å². The molecule has 0 saturated heterocycles. The highest BCUT2D eigenvalue weighted by molar-refractivity contribution is 7.12. The van der Waals surface area contributed by atoms with Crippen LogP contribution in [0.1, 0.15) is 26.5 Å². The van der Waals surface area contributed by atoms with E-state index in [1.54, 1.807) is 18.3 Å². The maximum atomic E-state index is 12.4. The van der Waals surface area contributed by atoms with Crippen LogP contribution in [-0.4, -0.2) is 37.6 Å². The van der Waals surface area contributed by atoms with Crippen LogP contribution >= 0.6 is 22.9 Å². The Balaban J connectivity index is 1.75. The highest BCUT2D eigenvalue weighted by Gasteiger charge is 2.21. The number of aromatic hydroxyl groups is 1. The number of rotatable bonds is 6. The number of H-pyrrole nitrogens is 1. The predicted octanol–water partition coefficient (Wildman–Crippen LogP) is 1.81. The number of carbonyl (C=O) groups excluding carboxylic acids is 1. The van der Waals surface area contributed by atoms with Gasteiger partial charge < -0.3 is 26.2 Å². The van der Waals surface area contributed by atoms with Crippen molar-refractivity contribution in [2.24, 2.45) is 5.73 Å². The normalized spacial score (nSPS) is 12.1. The second-order valence-corrected chi connectivity index (χ2v) is 6.92. The molecule has 0 bridgehead atoms. The van der Waals surface area contributed by atoms with Crippen LogP contribution < -0.4 is 11.1 Å². The van der Waals surface area contributed by atoms with Crippen LogP contribution in [-0.2, 0) is 6.61 Å². The third-order valence-electron chi connectivity index (χ3n) is 3.62. The van der Waals surface area contributed by atoms with Crippen LogP contribution in [0, 0.1) is 0 Å². The standard InChI is InChI=1S/C16H16ClN5O3S/c17-9-3-1-8(2-4-9)11-6-19-13(20-11)15(25)21-10(5-18)16-22-14(24)12(7-23)26-16/h1-4,6,10,23-24H,5,7,18H2,(H,19,20)(H,21,25). The summed E-state index contributed by atoms with van der Waals surface area (Å²) in [5.74, 6) is -0.597. The van der Waals surface area contributed by atoms with Crippen LogP contribution in [0.15, 0.2) is 30.5 Å². The fourth-order valence-electron chi connectivity index (χ4n) is 2.27. The summed E-state index contributed by atoms with van der Waals surface area (Å²) in [6.45, 7) is -0.258. The minimum atomic E-state index is -0.609. The topological polar surface area (TPSA) is 137 Å².